The molecule has 0 amide bonds. The Bertz CT molecular complexity index is 1510. The molecule has 0 fully saturated rings. The second-order valence-electron chi connectivity index (χ2n) is 6.65. The number of thiazole rings is 1. The van der Waals surface area contributed by atoms with Gasteiger partial charge in [0.1, 0.15) is 11.3 Å². The fraction of sp³-hybridized carbons (Fsp3) is 0. The number of benzene rings is 2. The van der Waals surface area contributed by atoms with E-state index in [2.05, 4.69) is 26.0 Å². The van der Waals surface area contributed by atoms with Crippen LogP contribution in [0.1, 0.15) is 10.4 Å². The summed E-state index contributed by atoms with van der Waals surface area (Å²) in [5.74, 6) is 0. The van der Waals surface area contributed by atoms with Gasteiger partial charge in [-0.1, -0.05) is 39.7 Å². The number of nitrogens with zero attached hydrogens (tertiary/aromatic N) is 3. The highest BCUT2D eigenvalue weighted by Crippen LogP contribution is 2.28. The fourth-order valence-corrected chi connectivity index (χ4v) is 4.42. The third-order valence-electron chi connectivity index (χ3n) is 4.65. The summed E-state index contributed by atoms with van der Waals surface area (Å²) < 4.78 is 7.84. The van der Waals surface area contributed by atoms with E-state index in [-0.39, 0.29) is 0 Å². The lowest BCUT2D eigenvalue weighted by Crippen LogP contribution is -2.03. The number of rotatable bonds is 4. The Morgan fingerprint density at radius 1 is 1.13 bits per heavy atom. The lowest BCUT2D eigenvalue weighted by molar-refractivity contribution is 0.112. The molecule has 0 aliphatic heterocycles. The van der Waals surface area contributed by atoms with Crippen LogP contribution in [0.4, 0.5) is 0 Å². The van der Waals surface area contributed by atoms with Crippen LogP contribution in [-0.4, -0.2) is 21.1 Å². The standard InChI is InChI=1S/C22H11BrClN3O3S/c23-15-3-6-19-13(7-15)8-17(21(29)30-19)18-11-31-22(25-18)27-9-14(10-28)20(26-27)12-1-4-16(24)5-2-12/h1-11H. The first-order chi connectivity index (χ1) is 15.0. The normalized spacial score (nSPS) is 11.2. The van der Waals surface area contributed by atoms with E-state index in [1.54, 1.807) is 48.0 Å². The highest BCUT2D eigenvalue weighted by molar-refractivity contribution is 9.10. The van der Waals surface area contributed by atoms with Crippen molar-refractivity contribution >= 4 is 56.1 Å². The van der Waals surface area contributed by atoms with Gasteiger partial charge in [0.2, 0.25) is 5.13 Å². The van der Waals surface area contributed by atoms with Crippen LogP contribution < -0.4 is 5.63 Å². The number of hydrogen-bond acceptors (Lipinski definition) is 6. The number of aromatic nitrogens is 3. The largest absolute Gasteiger partial charge is 0.422 e. The molecule has 5 aromatic rings. The maximum atomic E-state index is 12.5. The van der Waals surface area contributed by atoms with Crippen LogP contribution in [0.5, 0.6) is 0 Å². The van der Waals surface area contributed by atoms with Gasteiger partial charge in [-0.25, -0.2) is 14.5 Å². The first-order valence-corrected chi connectivity index (χ1v) is 11.1. The molecule has 0 N–H and O–H groups in total. The van der Waals surface area contributed by atoms with Crippen LogP contribution in [0.15, 0.2) is 73.8 Å². The predicted octanol–water partition coefficient (Wildman–Crippen LogP) is 6.00. The smallest absolute Gasteiger partial charge is 0.345 e. The molecule has 0 aliphatic carbocycles. The number of carbonyl (C=O) groups is 1. The zero-order valence-corrected chi connectivity index (χ0v) is 18.7. The Hall–Kier alpha value is -3.07. The van der Waals surface area contributed by atoms with Gasteiger partial charge in [0.15, 0.2) is 6.29 Å². The average molecular weight is 513 g/mol. The van der Waals surface area contributed by atoms with Crippen LogP contribution in [0, 0.1) is 0 Å². The second kappa shape index (κ2) is 7.88. The van der Waals surface area contributed by atoms with Crippen molar-refractivity contribution in [3.05, 3.63) is 85.6 Å². The third-order valence-corrected chi connectivity index (χ3v) is 6.22. The van der Waals surface area contributed by atoms with Crippen molar-refractivity contribution in [1.82, 2.24) is 14.8 Å². The molecule has 2 aromatic carbocycles. The molecular weight excluding hydrogens is 502 g/mol. The summed E-state index contributed by atoms with van der Waals surface area (Å²) in [6.45, 7) is 0. The number of halogens is 2. The molecule has 0 aliphatic rings. The van der Waals surface area contributed by atoms with Crippen molar-refractivity contribution in [2.45, 2.75) is 0 Å². The Kier molecular flexibility index (Phi) is 5.05. The summed E-state index contributed by atoms with van der Waals surface area (Å²) in [5, 5.41) is 8.19. The van der Waals surface area contributed by atoms with Crippen molar-refractivity contribution in [2.24, 2.45) is 0 Å². The van der Waals surface area contributed by atoms with Crippen molar-refractivity contribution in [1.29, 1.82) is 0 Å². The fourth-order valence-electron chi connectivity index (χ4n) is 3.17. The van der Waals surface area contributed by atoms with Crippen molar-refractivity contribution in [3.63, 3.8) is 0 Å². The van der Waals surface area contributed by atoms with Crippen molar-refractivity contribution in [3.8, 4) is 27.6 Å². The summed E-state index contributed by atoms with van der Waals surface area (Å²) in [7, 11) is 0. The number of carbonyl (C=O) groups excluding carboxylic acids is 1. The maximum Gasteiger partial charge on any atom is 0.345 e. The van der Waals surface area contributed by atoms with Gasteiger partial charge in [0.25, 0.3) is 0 Å². The zero-order chi connectivity index (χ0) is 21.5. The molecule has 9 heteroatoms. The van der Waals surface area contributed by atoms with Gasteiger partial charge in [0, 0.05) is 32.0 Å². The minimum atomic E-state index is -0.470. The summed E-state index contributed by atoms with van der Waals surface area (Å²) in [6.07, 6.45) is 2.36. The highest BCUT2D eigenvalue weighted by Gasteiger charge is 2.16. The van der Waals surface area contributed by atoms with E-state index in [1.807, 2.05) is 12.1 Å². The first-order valence-electron chi connectivity index (χ1n) is 9.02. The summed E-state index contributed by atoms with van der Waals surface area (Å²) in [5.41, 5.74) is 2.58. The average Bonchev–Trinajstić information content (AvgIpc) is 3.41. The van der Waals surface area contributed by atoms with Gasteiger partial charge >= 0.3 is 5.63 Å². The molecule has 3 heterocycles. The minimum absolute atomic E-state index is 0.355. The van der Waals surface area contributed by atoms with Gasteiger partial charge in [-0.2, -0.15) is 5.10 Å². The molecule has 3 aromatic heterocycles. The Balaban J connectivity index is 1.56. The molecule has 31 heavy (non-hydrogen) atoms. The maximum absolute atomic E-state index is 12.5. The van der Waals surface area contributed by atoms with Gasteiger partial charge in [-0.05, 0) is 36.4 Å². The molecule has 152 valence electrons. The number of hydrogen-bond donors (Lipinski definition) is 0. The molecule has 0 saturated heterocycles. The van der Waals surface area contributed by atoms with Crippen LogP contribution in [-0.2, 0) is 0 Å². The van der Waals surface area contributed by atoms with Crippen LogP contribution in [0.25, 0.3) is 38.6 Å². The first kappa shape index (κ1) is 19.9. The highest BCUT2D eigenvalue weighted by atomic mass is 79.9. The summed E-state index contributed by atoms with van der Waals surface area (Å²) >= 11 is 10.7. The monoisotopic (exact) mass is 511 g/mol. The van der Waals surface area contributed by atoms with E-state index in [0.717, 1.165) is 21.7 Å². The van der Waals surface area contributed by atoms with Crippen LogP contribution in [0.3, 0.4) is 0 Å². The molecule has 0 bridgehead atoms. The van der Waals surface area contributed by atoms with E-state index >= 15 is 0 Å². The Labute approximate surface area is 192 Å². The number of aldehydes is 1. The molecule has 0 atom stereocenters. The van der Waals surface area contributed by atoms with Gasteiger partial charge in [-0.15, -0.1) is 11.3 Å². The Morgan fingerprint density at radius 3 is 2.71 bits per heavy atom. The van der Waals surface area contributed by atoms with Gasteiger partial charge in [0.05, 0.1) is 16.8 Å². The van der Waals surface area contributed by atoms with E-state index in [0.29, 0.717) is 38.3 Å². The predicted molar refractivity (Wildman–Crippen MR) is 124 cm³/mol. The van der Waals surface area contributed by atoms with E-state index in [1.165, 1.54) is 16.0 Å². The van der Waals surface area contributed by atoms with Crippen LogP contribution in [0.2, 0.25) is 5.02 Å². The van der Waals surface area contributed by atoms with Gasteiger partial charge in [-0.3, -0.25) is 4.79 Å². The molecule has 0 spiro atoms. The molecule has 6 nitrogen and oxygen atoms in total. The molecule has 5 rings (SSSR count). The molecular formula is C22H11BrClN3O3S. The Morgan fingerprint density at radius 2 is 1.94 bits per heavy atom. The van der Waals surface area contributed by atoms with E-state index in [9.17, 15) is 9.59 Å². The lowest BCUT2D eigenvalue weighted by Gasteiger charge is -2.00. The lowest BCUT2D eigenvalue weighted by atomic mass is 10.1. The number of fused-ring (bicyclic) bond motifs is 1. The van der Waals surface area contributed by atoms with Crippen LogP contribution >= 0.6 is 38.9 Å². The topological polar surface area (TPSA) is 78.0 Å². The van der Waals surface area contributed by atoms with Gasteiger partial charge < -0.3 is 4.42 Å². The summed E-state index contributed by atoms with van der Waals surface area (Å²) in [4.78, 5) is 28.6. The van der Waals surface area contributed by atoms with E-state index in [4.69, 9.17) is 16.0 Å². The second-order valence-corrected chi connectivity index (χ2v) is 8.84. The molecule has 0 unspecified atom stereocenters. The SMILES string of the molecule is O=Cc1cn(-c2nc(-c3cc4cc(Br)ccc4oc3=O)cs2)nc1-c1ccc(Cl)cc1. The summed E-state index contributed by atoms with van der Waals surface area (Å²) in [6, 6.07) is 14.3. The third kappa shape index (κ3) is 3.74. The van der Waals surface area contributed by atoms with Crippen molar-refractivity contribution < 1.29 is 9.21 Å². The van der Waals surface area contributed by atoms with Crippen molar-refractivity contribution in [2.75, 3.05) is 0 Å². The van der Waals surface area contributed by atoms with E-state index < -0.39 is 5.63 Å². The minimum Gasteiger partial charge on any atom is -0.422 e. The zero-order valence-electron chi connectivity index (χ0n) is 15.6. The molecule has 0 saturated carbocycles. The quantitative estimate of drug-likeness (QED) is 0.218. The molecule has 0 radical (unpaired) electrons.